The molecule has 0 aliphatic carbocycles. The fraction of sp³-hybridized carbons (Fsp3) is 0.100. The molecule has 1 N–H and O–H groups in total. The monoisotopic (exact) mass is 190 g/mol. The third-order valence-electron chi connectivity index (χ3n) is 1.72. The first-order chi connectivity index (χ1) is 6.45. The first kappa shape index (κ1) is 8.26. The van der Waals surface area contributed by atoms with Crippen LogP contribution in [0.3, 0.4) is 0 Å². The predicted octanol–water partition coefficient (Wildman–Crippen LogP) is 2.76. The van der Waals surface area contributed by atoms with Gasteiger partial charge < -0.3 is 5.32 Å². The minimum atomic E-state index is 0.789. The second-order valence-corrected chi connectivity index (χ2v) is 3.47. The number of thiophene rings is 1. The Balaban J connectivity index is 1.94. The van der Waals surface area contributed by atoms with Crippen molar-refractivity contribution in [2.75, 3.05) is 5.32 Å². The lowest BCUT2D eigenvalue weighted by Crippen LogP contribution is -1.99. The van der Waals surface area contributed by atoms with Crippen LogP contribution < -0.4 is 5.32 Å². The fourth-order valence-corrected chi connectivity index (χ4v) is 1.67. The van der Waals surface area contributed by atoms with Crippen molar-refractivity contribution >= 4 is 17.0 Å². The molecule has 0 aliphatic rings. The maximum Gasteiger partial charge on any atom is 0.0594 e. The van der Waals surface area contributed by atoms with Gasteiger partial charge in [-0.05, 0) is 23.6 Å². The molecule has 0 unspecified atom stereocenters. The number of nitrogens with one attached hydrogen (secondary N) is 1. The molecule has 66 valence electrons. The lowest BCUT2D eigenvalue weighted by molar-refractivity contribution is 1.05. The van der Waals surface area contributed by atoms with Gasteiger partial charge in [0.15, 0.2) is 0 Å². The van der Waals surface area contributed by atoms with E-state index >= 15 is 0 Å². The van der Waals surface area contributed by atoms with Gasteiger partial charge in [-0.3, -0.25) is 4.98 Å². The molecule has 0 atom stereocenters. The van der Waals surface area contributed by atoms with E-state index in [4.69, 9.17) is 0 Å². The van der Waals surface area contributed by atoms with Crippen LogP contribution in [0.4, 0.5) is 5.69 Å². The Morgan fingerprint density at radius 3 is 3.00 bits per heavy atom. The first-order valence-corrected chi connectivity index (χ1v) is 5.05. The fourth-order valence-electron chi connectivity index (χ4n) is 1.06. The quantitative estimate of drug-likeness (QED) is 0.805. The van der Waals surface area contributed by atoms with Crippen molar-refractivity contribution in [2.45, 2.75) is 6.54 Å². The molecule has 0 aliphatic heterocycles. The maximum absolute atomic E-state index is 4.22. The molecule has 2 rings (SSSR count). The van der Waals surface area contributed by atoms with Crippen molar-refractivity contribution < 1.29 is 0 Å². The van der Waals surface area contributed by atoms with Gasteiger partial charge in [-0.2, -0.15) is 11.3 Å². The van der Waals surface area contributed by atoms with Crippen LogP contribution in [0, 0.1) is 0 Å². The summed E-state index contributed by atoms with van der Waals surface area (Å²) in [6.45, 7) is 0.789. The Morgan fingerprint density at radius 2 is 2.31 bits per heavy atom. The van der Waals surface area contributed by atoms with Gasteiger partial charge in [0.2, 0.25) is 0 Å². The highest BCUT2D eigenvalue weighted by atomic mass is 32.1. The smallest absolute Gasteiger partial charge is 0.0594 e. The van der Waals surface area contributed by atoms with Crippen LogP contribution in [0.2, 0.25) is 0 Å². The van der Waals surface area contributed by atoms with Gasteiger partial charge >= 0.3 is 0 Å². The average Bonchev–Trinajstić information content (AvgIpc) is 2.69. The second-order valence-electron chi connectivity index (χ2n) is 2.69. The molecule has 0 radical (unpaired) electrons. The molecule has 3 heteroatoms. The lowest BCUT2D eigenvalue weighted by atomic mass is 10.3. The molecule has 2 aromatic heterocycles. The van der Waals surface area contributed by atoms with Gasteiger partial charge in [0.05, 0.1) is 12.2 Å². The van der Waals surface area contributed by atoms with E-state index in [-0.39, 0.29) is 0 Å². The van der Waals surface area contributed by atoms with Gasteiger partial charge in [-0.25, -0.2) is 0 Å². The zero-order chi connectivity index (χ0) is 8.93. The van der Waals surface area contributed by atoms with E-state index in [9.17, 15) is 0 Å². The number of hydrogen-bond donors (Lipinski definition) is 1. The summed E-state index contributed by atoms with van der Waals surface area (Å²) in [6.07, 6.45) is 1.81. The summed E-state index contributed by atoms with van der Waals surface area (Å²) in [6, 6.07) is 8.00. The molecule has 0 bridgehead atoms. The van der Waals surface area contributed by atoms with Crippen LogP contribution in [-0.4, -0.2) is 4.98 Å². The normalized spacial score (nSPS) is 9.85. The highest BCUT2D eigenvalue weighted by Gasteiger charge is 1.93. The van der Waals surface area contributed by atoms with Crippen molar-refractivity contribution in [2.24, 2.45) is 0 Å². The van der Waals surface area contributed by atoms with Gasteiger partial charge in [0.1, 0.15) is 0 Å². The molecule has 0 spiro atoms. The van der Waals surface area contributed by atoms with Crippen LogP contribution in [0.15, 0.2) is 41.2 Å². The van der Waals surface area contributed by atoms with E-state index in [0.29, 0.717) is 0 Å². The molecule has 2 aromatic rings. The average molecular weight is 190 g/mol. The summed E-state index contributed by atoms with van der Waals surface area (Å²) in [5, 5.41) is 7.43. The maximum atomic E-state index is 4.22. The van der Waals surface area contributed by atoms with Crippen molar-refractivity contribution in [3.63, 3.8) is 0 Å². The van der Waals surface area contributed by atoms with Gasteiger partial charge in [-0.15, -0.1) is 0 Å². The number of rotatable bonds is 3. The predicted molar refractivity (Wildman–Crippen MR) is 55.9 cm³/mol. The highest BCUT2D eigenvalue weighted by Crippen LogP contribution is 2.12. The molecule has 13 heavy (non-hydrogen) atoms. The van der Waals surface area contributed by atoms with E-state index in [0.717, 1.165) is 17.9 Å². The second kappa shape index (κ2) is 4.05. The molecule has 2 nitrogen and oxygen atoms in total. The zero-order valence-electron chi connectivity index (χ0n) is 7.10. The first-order valence-electron chi connectivity index (χ1n) is 4.11. The van der Waals surface area contributed by atoms with Crippen molar-refractivity contribution in [1.82, 2.24) is 4.98 Å². The Kier molecular flexibility index (Phi) is 2.57. The van der Waals surface area contributed by atoms with Gasteiger partial charge in [0, 0.05) is 17.3 Å². The van der Waals surface area contributed by atoms with E-state index in [1.807, 2.05) is 24.4 Å². The topological polar surface area (TPSA) is 24.9 Å². The molecule has 0 saturated heterocycles. The molecule has 0 amide bonds. The van der Waals surface area contributed by atoms with Crippen LogP contribution in [0.25, 0.3) is 0 Å². The third-order valence-corrected chi connectivity index (χ3v) is 2.40. The minimum Gasteiger partial charge on any atom is -0.379 e. The summed E-state index contributed by atoms with van der Waals surface area (Å²) < 4.78 is 0. The number of anilines is 1. The van der Waals surface area contributed by atoms with Crippen LogP contribution in [0.5, 0.6) is 0 Å². The van der Waals surface area contributed by atoms with Gasteiger partial charge in [-0.1, -0.05) is 6.07 Å². The number of hydrogen-bond acceptors (Lipinski definition) is 3. The van der Waals surface area contributed by atoms with Crippen LogP contribution >= 0.6 is 11.3 Å². The Hall–Kier alpha value is -1.35. The number of aromatic nitrogens is 1. The SMILES string of the molecule is c1ccc(CNc2ccsc2)nc1. The summed E-state index contributed by atoms with van der Waals surface area (Å²) in [5.74, 6) is 0. The van der Waals surface area contributed by atoms with E-state index < -0.39 is 0 Å². The molecule has 0 saturated carbocycles. The molecule has 2 heterocycles. The largest absolute Gasteiger partial charge is 0.379 e. The zero-order valence-corrected chi connectivity index (χ0v) is 7.92. The van der Waals surface area contributed by atoms with Crippen LogP contribution in [0.1, 0.15) is 5.69 Å². The number of pyridine rings is 1. The van der Waals surface area contributed by atoms with Gasteiger partial charge in [0.25, 0.3) is 0 Å². The summed E-state index contributed by atoms with van der Waals surface area (Å²) in [7, 11) is 0. The van der Waals surface area contributed by atoms with E-state index in [1.54, 1.807) is 11.3 Å². The third kappa shape index (κ3) is 2.29. The Morgan fingerprint density at radius 1 is 1.31 bits per heavy atom. The standard InChI is InChI=1S/C10H10N2S/c1-2-5-11-9(3-1)7-12-10-4-6-13-8-10/h1-6,8,12H,7H2. The van der Waals surface area contributed by atoms with Crippen LogP contribution in [-0.2, 0) is 6.54 Å². The highest BCUT2D eigenvalue weighted by molar-refractivity contribution is 7.08. The van der Waals surface area contributed by atoms with E-state index in [1.165, 1.54) is 0 Å². The Bertz CT molecular complexity index is 342. The van der Waals surface area contributed by atoms with Crippen molar-refractivity contribution in [3.8, 4) is 0 Å². The number of nitrogens with zero attached hydrogens (tertiary/aromatic N) is 1. The molecule has 0 fully saturated rings. The summed E-state index contributed by atoms with van der Waals surface area (Å²) in [5.41, 5.74) is 2.23. The molecular weight excluding hydrogens is 180 g/mol. The summed E-state index contributed by atoms with van der Waals surface area (Å²) >= 11 is 1.69. The molecular formula is C10H10N2S. The van der Waals surface area contributed by atoms with Crippen molar-refractivity contribution in [1.29, 1.82) is 0 Å². The summed E-state index contributed by atoms with van der Waals surface area (Å²) in [4.78, 5) is 4.22. The van der Waals surface area contributed by atoms with Crippen molar-refractivity contribution in [3.05, 3.63) is 46.9 Å². The minimum absolute atomic E-state index is 0.789. The lowest BCUT2D eigenvalue weighted by Gasteiger charge is -2.01. The van der Waals surface area contributed by atoms with E-state index in [2.05, 4.69) is 27.1 Å². The molecule has 0 aromatic carbocycles. The Labute approximate surface area is 81.3 Å².